The smallest absolute Gasteiger partial charge is 0.0360 e. The van der Waals surface area contributed by atoms with Crippen molar-refractivity contribution in [2.24, 2.45) is 5.73 Å². The van der Waals surface area contributed by atoms with Crippen molar-refractivity contribution in [3.05, 3.63) is 30.1 Å². The van der Waals surface area contributed by atoms with Crippen LogP contribution in [-0.2, 0) is 0 Å². The number of halogens is 2. The number of nitrogens with zero attached hydrogens (tertiary/aromatic N) is 2. The Morgan fingerprint density at radius 1 is 1.08 bits per heavy atom. The summed E-state index contributed by atoms with van der Waals surface area (Å²) in [5, 5.41) is 0. The van der Waals surface area contributed by atoms with Crippen molar-refractivity contribution in [3.8, 4) is 0 Å². The summed E-state index contributed by atoms with van der Waals surface area (Å²) < 4.78 is 0. The normalized spacial score (nSPS) is 16.4. The molecule has 0 aromatic carbocycles. The van der Waals surface area contributed by atoms with E-state index in [0.717, 1.165) is 6.54 Å². The second kappa shape index (κ2) is 18.4. The Bertz CT molecular complexity index is 368. The second-order valence-corrected chi connectivity index (χ2v) is 6.69. The number of aromatic nitrogens is 1. The second-order valence-electron chi connectivity index (χ2n) is 6.69. The molecule has 3 nitrogen and oxygen atoms in total. The maximum Gasteiger partial charge on any atom is 0.0360 e. The van der Waals surface area contributed by atoms with Crippen LogP contribution in [0.2, 0.25) is 0 Å². The lowest BCUT2D eigenvalue weighted by Gasteiger charge is -2.18. The molecule has 1 aliphatic rings. The van der Waals surface area contributed by atoms with Crippen molar-refractivity contribution < 1.29 is 0 Å². The predicted octanol–water partition coefficient (Wildman–Crippen LogP) is 5.78. The fourth-order valence-corrected chi connectivity index (χ4v) is 3.18. The number of unbranched alkanes of at least 4 members (excludes halogenated alkanes) is 7. The largest absolute Gasteiger partial charge is 0.330 e. The molecule has 1 fully saturated rings. The van der Waals surface area contributed by atoms with Gasteiger partial charge in [-0.15, -0.1) is 24.8 Å². The first-order chi connectivity index (χ1) is 11.3. The van der Waals surface area contributed by atoms with Crippen LogP contribution in [0.15, 0.2) is 24.5 Å². The van der Waals surface area contributed by atoms with Crippen molar-refractivity contribution in [2.45, 2.75) is 77.2 Å². The molecule has 0 amide bonds. The van der Waals surface area contributed by atoms with Crippen LogP contribution in [0.5, 0.6) is 0 Å². The Morgan fingerprint density at radius 3 is 2.20 bits per heavy atom. The molecule has 148 valence electrons. The van der Waals surface area contributed by atoms with Crippen LogP contribution in [0.1, 0.15) is 82.7 Å². The molecule has 1 saturated heterocycles. The Balaban J connectivity index is 0. The van der Waals surface area contributed by atoms with Crippen LogP contribution in [0.4, 0.5) is 0 Å². The first-order valence-corrected chi connectivity index (χ1v) is 9.59. The summed E-state index contributed by atoms with van der Waals surface area (Å²) in [6, 6.07) is 4.79. The molecule has 0 saturated carbocycles. The average molecular weight is 392 g/mol. The van der Waals surface area contributed by atoms with Gasteiger partial charge in [0.1, 0.15) is 0 Å². The predicted molar refractivity (Wildman–Crippen MR) is 115 cm³/mol. The molecule has 1 unspecified atom stereocenters. The summed E-state index contributed by atoms with van der Waals surface area (Å²) in [7, 11) is 2.19. The minimum absolute atomic E-state index is 0. The number of hydrogen-bond donors (Lipinski definition) is 1. The van der Waals surface area contributed by atoms with E-state index in [4.69, 9.17) is 5.73 Å². The molecule has 1 aliphatic heterocycles. The Labute approximate surface area is 168 Å². The van der Waals surface area contributed by atoms with Gasteiger partial charge in [-0.25, -0.2) is 0 Å². The van der Waals surface area contributed by atoms with Crippen molar-refractivity contribution in [1.29, 1.82) is 0 Å². The molecule has 0 bridgehead atoms. The zero-order valence-corrected chi connectivity index (χ0v) is 17.8. The van der Waals surface area contributed by atoms with Gasteiger partial charge >= 0.3 is 0 Å². The van der Waals surface area contributed by atoms with E-state index >= 15 is 0 Å². The first-order valence-electron chi connectivity index (χ1n) is 9.59. The molecule has 0 aliphatic carbocycles. The third-order valence-corrected chi connectivity index (χ3v) is 4.65. The third-order valence-electron chi connectivity index (χ3n) is 4.65. The van der Waals surface area contributed by atoms with Crippen molar-refractivity contribution in [2.75, 3.05) is 20.1 Å². The Morgan fingerprint density at radius 2 is 1.72 bits per heavy atom. The summed E-state index contributed by atoms with van der Waals surface area (Å²) in [5.74, 6) is 0. The molecule has 1 aromatic heterocycles. The molecule has 25 heavy (non-hydrogen) atoms. The maximum absolute atomic E-state index is 5.39. The van der Waals surface area contributed by atoms with Gasteiger partial charge in [0.15, 0.2) is 0 Å². The highest BCUT2D eigenvalue weighted by atomic mass is 35.5. The molecule has 2 heterocycles. The standard InChI is InChI=1S/C10H14N2.C10H23N.2ClH/c1-12-7-3-5-10(12)9-4-2-6-11-8-9;1-2-3-4-5-6-7-8-9-10-11;;/h2,4,6,8,10H,3,5,7H2,1H3;2-11H2,1H3;2*1H. The van der Waals surface area contributed by atoms with Crippen LogP contribution in [-0.4, -0.2) is 30.0 Å². The molecule has 0 spiro atoms. The highest BCUT2D eigenvalue weighted by Gasteiger charge is 2.21. The maximum atomic E-state index is 5.39. The zero-order valence-electron chi connectivity index (χ0n) is 16.2. The van der Waals surface area contributed by atoms with Crippen LogP contribution < -0.4 is 5.73 Å². The van der Waals surface area contributed by atoms with Gasteiger partial charge < -0.3 is 5.73 Å². The van der Waals surface area contributed by atoms with Gasteiger partial charge in [-0.05, 0) is 51.0 Å². The number of nitrogens with two attached hydrogens (primary N) is 1. The van der Waals surface area contributed by atoms with E-state index in [2.05, 4.69) is 29.9 Å². The van der Waals surface area contributed by atoms with Gasteiger partial charge in [-0.3, -0.25) is 9.88 Å². The van der Waals surface area contributed by atoms with E-state index in [9.17, 15) is 0 Å². The quantitative estimate of drug-likeness (QED) is 0.542. The summed E-state index contributed by atoms with van der Waals surface area (Å²) in [6.07, 6.45) is 17.4. The average Bonchev–Trinajstić information content (AvgIpc) is 3.02. The molecule has 1 atom stereocenters. The van der Waals surface area contributed by atoms with Crippen LogP contribution in [0.25, 0.3) is 0 Å². The summed E-state index contributed by atoms with van der Waals surface area (Å²) >= 11 is 0. The van der Waals surface area contributed by atoms with E-state index in [1.165, 1.54) is 76.3 Å². The third kappa shape index (κ3) is 12.6. The molecular weight excluding hydrogens is 353 g/mol. The van der Waals surface area contributed by atoms with Crippen molar-refractivity contribution >= 4 is 24.8 Å². The molecule has 2 N–H and O–H groups in total. The van der Waals surface area contributed by atoms with Gasteiger partial charge in [0.25, 0.3) is 0 Å². The zero-order chi connectivity index (χ0) is 16.8. The minimum Gasteiger partial charge on any atom is -0.330 e. The number of hydrogen-bond acceptors (Lipinski definition) is 3. The van der Waals surface area contributed by atoms with Gasteiger partial charge in [-0.1, -0.05) is 57.9 Å². The van der Waals surface area contributed by atoms with E-state index in [0.29, 0.717) is 6.04 Å². The highest BCUT2D eigenvalue weighted by molar-refractivity contribution is 5.85. The number of rotatable bonds is 9. The van der Waals surface area contributed by atoms with Crippen LogP contribution in [0, 0.1) is 0 Å². The summed E-state index contributed by atoms with van der Waals surface area (Å²) in [4.78, 5) is 6.54. The van der Waals surface area contributed by atoms with Crippen LogP contribution in [0.3, 0.4) is 0 Å². The number of pyridine rings is 1. The fourth-order valence-electron chi connectivity index (χ4n) is 3.18. The molecular formula is C20H39Cl2N3. The topological polar surface area (TPSA) is 42.1 Å². The van der Waals surface area contributed by atoms with Gasteiger partial charge in [0, 0.05) is 18.4 Å². The number of likely N-dealkylation sites (tertiary alicyclic amines) is 1. The van der Waals surface area contributed by atoms with E-state index < -0.39 is 0 Å². The van der Waals surface area contributed by atoms with E-state index in [-0.39, 0.29) is 24.8 Å². The van der Waals surface area contributed by atoms with Crippen molar-refractivity contribution in [3.63, 3.8) is 0 Å². The molecule has 5 heteroatoms. The van der Waals surface area contributed by atoms with Crippen LogP contribution >= 0.6 is 24.8 Å². The minimum atomic E-state index is 0. The lowest BCUT2D eigenvalue weighted by molar-refractivity contribution is 0.317. The first kappa shape index (κ1) is 26.9. The summed E-state index contributed by atoms with van der Waals surface area (Å²) in [5.41, 5.74) is 6.75. The van der Waals surface area contributed by atoms with Gasteiger partial charge in [-0.2, -0.15) is 0 Å². The molecule has 0 radical (unpaired) electrons. The monoisotopic (exact) mass is 391 g/mol. The lowest BCUT2D eigenvalue weighted by Crippen LogP contribution is -2.17. The SMILES string of the molecule is CCCCCCCCCCN.CN1CCCC1c1cccnc1.Cl.Cl. The Kier molecular flexibility index (Phi) is 19.8. The van der Waals surface area contributed by atoms with Gasteiger partial charge in [0.2, 0.25) is 0 Å². The lowest BCUT2D eigenvalue weighted by atomic mass is 10.1. The van der Waals surface area contributed by atoms with Crippen molar-refractivity contribution in [1.82, 2.24) is 9.88 Å². The Hall–Kier alpha value is -0.350. The van der Waals surface area contributed by atoms with Gasteiger partial charge in [0.05, 0.1) is 0 Å². The fraction of sp³-hybridized carbons (Fsp3) is 0.750. The summed E-state index contributed by atoms with van der Waals surface area (Å²) in [6.45, 7) is 4.35. The molecule has 1 aromatic rings. The van der Waals surface area contributed by atoms with E-state index in [1.807, 2.05) is 18.5 Å². The molecule has 2 rings (SSSR count). The van der Waals surface area contributed by atoms with E-state index in [1.54, 1.807) is 0 Å². The highest BCUT2D eigenvalue weighted by Crippen LogP contribution is 2.29.